The van der Waals surface area contributed by atoms with Gasteiger partial charge in [-0.1, -0.05) is 6.07 Å². The molecule has 1 aromatic carbocycles. The van der Waals surface area contributed by atoms with Gasteiger partial charge in [-0.25, -0.2) is 8.78 Å². The normalized spacial score (nSPS) is 13.8. The second kappa shape index (κ2) is 5.88. The van der Waals surface area contributed by atoms with Gasteiger partial charge in [-0.15, -0.1) is 0 Å². The third-order valence-electron chi connectivity index (χ3n) is 2.32. The van der Waals surface area contributed by atoms with Crippen LogP contribution in [-0.2, 0) is 0 Å². The zero-order chi connectivity index (χ0) is 13.9. The first-order valence-corrected chi connectivity index (χ1v) is 5.93. The maximum atomic E-state index is 13.1. The predicted octanol–water partition coefficient (Wildman–Crippen LogP) is 3.75. The molecule has 0 radical (unpaired) electrons. The second-order valence-electron chi connectivity index (χ2n) is 3.58. The van der Waals surface area contributed by atoms with Crippen molar-refractivity contribution >= 4 is 15.9 Å². The van der Waals surface area contributed by atoms with Crippen molar-refractivity contribution in [3.05, 3.63) is 28.2 Å². The number of halogens is 5. The summed E-state index contributed by atoms with van der Waals surface area (Å²) in [5.74, 6) is -3.83. The van der Waals surface area contributed by atoms with E-state index in [0.29, 0.717) is 16.8 Å². The van der Waals surface area contributed by atoms with Crippen LogP contribution in [0.4, 0.5) is 17.6 Å². The van der Waals surface area contributed by atoms with Crippen LogP contribution in [0.5, 0.6) is 5.75 Å². The van der Waals surface area contributed by atoms with E-state index in [1.807, 2.05) is 0 Å². The maximum Gasteiger partial charge on any atom is 0.326 e. The summed E-state index contributed by atoms with van der Waals surface area (Å²) in [6.07, 6.45) is -3.81. The smallest absolute Gasteiger partial charge is 0.326 e. The third-order valence-corrected chi connectivity index (χ3v) is 2.94. The molecule has 2 nitrogen and oxygen atoms in total. The minimum Gasteiger partial charge on any atom is -0.493 e. The van der Waals surface area contributed by atoms with Crippen LogP contribution in [0.25, 0.3) is 0 Å². The molecule has 0 saturated carbocycles. The zero-order valence-electron chi connectivity index (χ0n) is 9.47. The van der Waals surface area contributed by atoms with Gasteiger partial charge in [-0.3, -0.25) is 0 Å². The van der Waals surface area contributed by atoms with Gasteiger partial charge in [-0.05, 0) is 40.5 Å². The summed E-state index contributed by atoms with van der Waals surface area (Å²) in [7, 11) is 0. The number of nitrogens with two attached hydrogens (primary N) is 1. The monoisotopic (exact) mass is 329 g/mol. The quantitative estimate of drug-likeness (QED) is 0.835. The molecule has 0 saturated heterocycles. The number of alkyl halides is 4. The van der Waals surface area contributed by atoms with E-state index < -0.39 is 18.4 Å². The van der Waals surface area contributed by atoms with E-state index in [4.69, 9.17) is 10.5 Å². The van der Waals surface area contributed by atoms with Crippen molar-refractivity contribution < 1.29 is 22.3 Å². The van der Waals surface area contributed by atoms with Crippen LogP contribution < -0.4 is 10.5 Å². The highest BCUT2D eigenvalue weighted by Gasteiger charge is 2.47. The highest BCUT2D eigenvalue weighted by atomic mass is 79.9. The standard InChI is InChI=1S/C11H12BrF4NO/c1-2-18-8-4-3-6(5-7(8)12)9(17)11(15,16)10(13)14/h3-5,9-10H,2,17H2,1H3. The molecule has 0 aliphatic rings. The van der Waals surface area contributed by atoms with Gasteiger partial charge in [0.2, 0.25) is 0 Å². The Labute approximate surface area is 110 Å². The van der Waals surface area contributed by atoms with Crippen LogP contribution in [0, 0.1) is 0 Å². The van der Waals surface area contributed by atoms with Gasteiger partial charge in [0.25, 0.3) is 0 Å². The van der Waals surface area contributed by atoms with Crippen molar-refractivity contribution in [3.63, 3.8) is 0 Å². The lowest BCUT2D eigenvalue weighted by molar-refractivity contribution is -0.144. The number of hydrogen-bond acceptors (Lipinski definition) is 2. The second-order valence-corrected chi connectivity index (χ2v) is 4.43. The summed E-state index contributed by atoms with van der Waals surface area (Å²) < 4.78 is 56.1. The fraction of sp³-hybridized carbons (Fsp3) is 0.455. The van der Waals surface area contributed by atoms with Gasteiger partial charge < -0.3 is 10.5 Å². The van der Waals surface area contributed by atoms with E-state index >= 15 is 0 Å². The summed E-state index contributed by atoms with van der Waals surface area (Å²) in [5.41, 5.74) is 5.09. The Hall–Kier alpha value is -0.820. The first-order chi connectivity index (χ1) is 8.30. The summed E-state index contributed by atoms with van der Waals surface area (Å²) in [4.78, 5) is 0. The zero-order valence-corrected chi connectivity index (χ0v) is 11.1. The molecule has 0 heterocycles. The van der Waals surface area contributed by atoms with E-state index in [-0.39, 0.29) is 5.56 Å². The molecule has 1 rings (SSSR count). The van der Waals surface area contributed by atoms with Crippen molar-refractivity contribution in [2.45, 2.75) is 25.3 Å². The lowest BCUT2D eigenvalue weighted by Crippen LogP contribution is -2.39. The summed E-state index contributed by atoms with van der Waals surface area (Å²) in [5, 5.41) is 0. The molecule has 1 unspecified atom stereocenters. The Morgan fingerprint density at radius 3 is 2.44 bits per heavy atom. The van der Waals surface area contributed by atoms with Gasteiger partial charge in [0.1, 0.15) is 11.8 Å². The molecule has 0 spiro atoms. The fourth-order valence-corrected chi connectivity index (χ4v) is 1.85. The Morgan fingerprint density at radius 2 is 2.00 bits per heavy atom. The topological polar surface area (TPSA) is 35.2 Å². The van der Waals surface area contributed by atoms with Gasteiger partial charge in [0, 0.05) is 0 Å². The molecule has 0 aliphatic carbocycles. The number of ether oxygens (including phenoxy) is 1. The summed E-state index contributed by atoms with van der Waals surface area (Å²) in [6, 6.07) is 1.84. The minimum atomic E-state index is -4.27. The molecule has 0 aromatic heterocycles. The Balaban J connectivity index is 3.01. The molecule has 1 atom stereocenters. The first-order valence-electron chi connectivity index (χ1n) is 5.14. The lowest BCUT2D eigenvalue weighted by atomic mass is 10.0. The Morgan fingerprint density at radius 1 is 1.39 bits per heavy atom. The van der Waals surface area contributed by atoms with Crippen LogP contribution >= 0.6 is 15.9 Å². The number of hydrogen-bond donors (Lipinski definition) is 1. The van der Waals surface area contributed by atoms with Crippen molar-refractivity contribution in [1.29, 1.82) is 0 Å². The number of rotatable bonds is 5. The third kappa shape index (κ3) is 3.14. The van der Waals surface area contributed by atoms with Crippen molar-refractivity contribution in [3.8, 4) is 5.75 Å². The summed E-state index contributed by atoms with van der Waals surface area (Å²) in [6.45, 7) is 2.16. The Bertz CT molecular complexity index is 414. The van der Waals surface area contributed by atoms with E-state index in [1.165, 1.54) is 18.2 Å². The molecule has 1 aromatic rings. The van der Waals surface area contributed by atoms with Crippen molar-refractivity contribution in [2.24, 2.45) is 5.73 Å². The SMILES string of the molecule is CCOc1ccc(C(N)C(F)(F)C(F)F)cc1Br. The maximum absolute atomic E-state index is 13.1. The molecular formula is C11H12BrF4NO. The molecule has 0 bridgehead atoms. The fourth-order valence-electron chi connectivity index (χ4n) is 1.34. The molecule has 18 heavy (non-hydrogen) atoms. The molecule has 2 N–H and O–H groups in total. The highest BCUT2D eigenvalue weighted by molar-refractivity contribution is 9.10. The first kappa shape index (κ1) is 15.2. The molecule has 102 valence electrons. The highest BCUT2D eigenvalue weighted by Crippen LogP contribution is 2.37. The molecular weight excluding hydrogens is 318 g/mol. The minimum absolute atomic E-state index is 0.0874. The van der Waals surface area contributed by atoms with Crippen molar-refractivity contribution in [2.75, 3.05) is 6.61 Å². The van der Waals surface area contributed by atoms with Crippen molar-refractivity contribution in [1.82, 2.24) is 0 Å². The largest absolute Gasteiger partial charge is 0.493 e. The van der Waals surface area contributed by atoms with Gasteiger partial charge in [0.05, 0.1) is 11.1 Å². The average molecular weight is 330 g/mol. The van der Waals surface area contributed by atoms with E-state index in [9.17, 15) is 17.6 Å². The summed E-state index contributed by atoms with van der Waals surface area (Å²) >= 11 is 3.11. The average Bonchev–Trinajstić information content (AvgIpc) is 2.30. The molecule has 7 heteroatoms. The van der Waals surface area contributed by atoms with Crippen LogP contribution in [0.1, 0.15) is 18.5 Å². The van der Waals surface area contributed by atoms with Gasteiger partial charge in [0.15, 0.2) is 0 Å². The van der Waals surface area contributed by atoms with Crippen LogP contribution in [0.15, 0.2) is 22.7 Å². The molecule has 0 fully saturated rings. The predicted molar refractivity (Wildman–Crippen MR) is 63.2 cm³/mol. The van der Waals surface area contributed by atoms with Gasteiger partial charge in [-0.2, -0.15) is 8.78 Å². The Kier molecular flexibility index (Phi) is 4.98. The lowest BCUT2D eigenvalue weighted by Gasteiger charge is -2.23. The van der Waals surface area contributed by atoms with Crippen LogP contribution in [0.2, 0.25) is 0 Å². The molecule has 0 amide bonds. The van der Waals surface area contributed by atoms with Gasteiger partial charge >= 0.3 is 12.3 Å². The van der Waals surface area contributed by atoms with E-state index in [2.05, 4.69) is 15.9 Å². The van der Waals surface area contributed by atoms with E-state index in [0.717, 1.165) is 0 Å². The van der Waals surface area contributed by atoms with Crippen LogP contribution in [-0.4, -0.2) is 19.0 Å². The molecule has 0 aliphatic heterocycles. The van der Waals surface area contributed by atoms with Crippen LogP contribution in [0.3, 0.4) is 0 Å². The van der Waals surface area contributed by atoms with E-state index in [1.54, 1.807) is 6.92 Å². The number of benzene rings is 1.